The monoisotopic (exact) mass is 413 g/mol. The highest BCUT2D eigenvalue weighted by molar-refractivity contribution is 7.16. The van der Waals surface area contributed by atoms with Crippen LogP contribution < -0.4 is 10.6 Å². The number of carbonyl (C=O) groups is 1. The number of anilines is 1. The molecule has 0 aromatic carbocycles. The minimum atomic E-state index is -5.90. The van der Waals surface area contributed by atoms with Crippen LogP contribution in [0.25, 0.3) is 0 Å². The summed E-state index contributed by atoms with van der Waals surface area (Å²) >= 11 is 0.696. The average molecular weight is 413 g/mol. The van der Waals surface area contributed by atoms with Crippen LogP contribution in [0.3, 0.4) is 0 Å². The molecule has 2 N–H and O–H groups in total. The number of halogens is 6. The Balaban J connectivity index is 2.60. The first-order chi connectivity index (χ1) is 12.3. The summed E-state index contributed by atoms with van der Waals surface area (Å²) in [6.07, 6.45) is -9.45. The van der Waals surface area contributed by atoms with Crippen molar-refractivity contribution in [3.05, 3.63) is 16.0 Å². The van der Waals surface area contributed by atoms with Gasteiger partial charge in [0.25, 0.3) is 0 Å². The van der Waals surface area contributed by atoms with E-state index in [1.807, 2.05) is 0 Å². The summed E-state index contributed by atoms with van der Waals surface area (Å²) in [5.41, 5.74) is -4.45. The molecule has 0 saturated carbocycles. The van der Waals surface area contributed by atoms with Gasteiger partial charge in [-0.05, 0) is 31.2 Å². The molecule has 1 aliphatic carbocycles. The number of carbonyl (C=O) groups excluding carboxylic acids is 1. The van der Waals surface area contributed by atoms with Crippen LogP contribution in [0.5, 0.6) is 0 Å². The SMILES string of the molecule is CC(C)C(=O)NC(Nc1sc2c(c1C#N)CCCC2)(C(F)(F)F)C(F)(F)F. The molecule has 11 heteroatoms. The quantitative estimate of drug-likeness (QED) is 0.564. The molecule has 150 valence electrons. The fourth-order valence-corrected chi connectivity index (χ4v) is 4.04. The van der Waals surface area contributed by atoms with Crippen molar-refractivity contribution in [3.63, 3.8) is 0 Å². The highest BCUT2D eigenvalue weighted by atomic mass is 32.1. The van der Waals surface area contributed by atoms with Gasteiger partial charge in [-0.25, -0.2) is 0 Å². The Bertz CT molecular complexity index is 746. The molecule has 1 aromatic heterocycles. The normalized spacial score (nSPS) is 15.3. The average Bonchev–Trinajstić information content (AvgIpc) is 2.88. The van der Waals surface area contributed by atoms with Crippen molar-refractivity contribution in [2.24, 2.45) is 5.92 Å². The zero-order valence-electron chi connectivity index (χ0n) is 14.4. The second kappa shape index (κ2) is 7.22. The van der Waals surface area contributed by atoms with Crippen molar-refractivity contribution in [1.29, 1.82) is 5.26 Å². The Labute approximate surface area is 155 Å². The molecule has 1 amide bonds. The highest BCUT2D eigenvalue weighted by Crippen LogP contribution is 2.47. The van der Waals surface area contributed by atoms with E-state index in [1.165, 1.54) is 19.2 Å². The van der Waals surface area contributed by atoms with Gasteiger partial charge >= 0.3 is 18.0 Å². The summed E-state index contributed by atoms with van der Waals surface area (Å²) in [6.45, 7) is 2.36. The maximum atomic E-state index is 13.6. The van der Waals surface area contributed by atoms with Gasteiger partial charge in [0.1, 0.15) is 11.1 Å². The maximum absolute atomic E-state index is 13.6. The van der Waals surface area contributed by atoms with E-state index in [2.05, 4.69) is 0 Å². The number of thiophene rings is 1. The van der Waals surface area contributed by atoms with Crippen LogP contribution in [-0.2, 0) is 17.6 Å². The number of amides is 1. The number of hydrogen-bond acceptors (Lipinski definition) is 4. The molecule has 1 heterocycles. The summed E-state index contributed by atoms with van der Waals surface area (Å²) < 4.78 is 81.7. The Hall–Kier alpha value is -1.96. The first kappa shape index (κ1) is 21.3. The molecule has 4 nitrogen and oxygen atoms in total. The van der Waals surface area contributed by atoms with Crippen LogP contribution in [0, 0.1) is 17.2 Å². The highest BCUT2D eigenvalue weighted by Gasteiger charge is 2.73. The number of nitrogens with one attached hydrogen (secondary N) is 2. The lowest BCUT2D eigenvalue weighted by atomic mass is 9.96. The van der Waals surface area contributed by atoms with Crippen molar-refractivity contribution in [3.8, 4) is 6.07 Å². The first-order valence-electron chi connectivity index (χ1n) is 8.12. The van der Waals surface area contributed by atoms with Crippen LogP contribution in [0.15, 0.2) is 0 Å². The largest absolute Gasteiger partial charge is 0.439 e. The van der Waals surface area contributed by atoms with Crippen LogP contribution in [0.2, 0.25) is 0 Å². The van der Waals surface area contributed by atoms with Gasteiger partial charge in [0.05, 0.1) is 5.56 Å². The van der Waals surface area contributed by atoms with Crippen LogP contribution in [0.4, 0.5) is 31.3 Å². The molecule has 2 rings (SSSR count). The predicted octanol–water partition coefficient (Wildman–Crippen LogP) is 4.50. The van der Waals surface area contributed by atoms with Crippen molar-refractivity contribution in [2.75, 3.05) is 5.32 Å². The van der Waals surface area contributed by atoms with E-state index in [9.17, 15) is 36.4 Å². The van der Waals surface area contributed by atoms with Gasteiger partial charge in [-0.3, -0.25) is 4.79 Å². The van der Waals surface area contributed by atoms with E-state index in [4.69, 9.17) is 0 Å². The lowest BCUT2D eigenvalue weighted by molar-refractivity contribution is -0.296. The van der Waals surface area contributed by atoms with Gasteiger partial charge in [-0.2, -0.15) is 31.6 Å². The summed E-state index contributed by atoms with van der Waals surface area (Å²) in [5, 5.41) is 11.3. The fraction of sp³-hybridized carbons (Fsp3) is 0.625. The van der Waals surface area contributed by atoms with Crippen LogP contribution >= 0.6 is 11.3 Å². The molecular formula is C16H17F6N3OS. The number of nitrogens with zero attached hydrogens (tertiary/aromatic N) is 1. The van der Waals surface area contributed by atoms with Crippen LogP contribution in [-0.4, -0.2) is 23.9 Å². The standard InChI is InChI=1S/C16H17F6N3OS/c1-8(2)12(26)24-14(15(17,18)19,16(20,21)22)25-13-10(7-23)9-5-3-4-6-11(9)27-13/h8,25H,3-6H2,1-2H3,(H,24,26). The van der Waals surface area contributed by atoms with Crippen molar-refractivity contribution in [2.45, 2.75) is 57.5 Å². The molecule has 0 aliphatic heterocycles. The summed E-state index contributed by atoms with van der Waals surface area (Å²) in [6, 6.07) is 1.71. The molecule has 27 heavy (non-hydrogen) atoms. The summed E-state index contributed by atoms with van der Waals surface area (Å²) in [7, 11) is 0. The zero-order valence-corrected chi connectivity index (χ0v) is 15.3. The fourth-order valence-electron chi connectivity index (χ4n) is 2.75. The van der Waals surface area contributed by atoms with E-state index < -0.39 is 34.8 Å². The zero-order chi connectivity index (χ0) is 20.6. The van der Waals surface area contributed by atoms with E-state index in [-0.39, 0.29) is 5.56 Å². The van der Waals surface area contributed by atoms with E-state index in [0.29, 0.717) is 41.0 Å². The second-order valence-corrected chi connectivity index (χ2v) is 7.65. The number of hydrogen-bond donors (Lipinski definition) is 2. The van der Waals surface area contributed by atoms with Gasteiger partial charge in [0.15, 0.2) is 0 Å². The third-order valence-corrected chi connectivity index (χ3v) is 5.48. The van der Waals surface area contributed by atoms with Crippen molar-refractivity contribution >= 4 is 22.2 Å². The van der Waals surface area contributed by atoms with Crippen molar-refractivity contribution in [1.82, 2.24) is 5.32 Å². The molecule has 0 atom stereocenters. The first-order valence-corrected chi connectivity index (χ1v) is 8.94. The molecule has 0 fully saturated rings. The Morgan fingerprint density at radius 1 is 1.11 bits per heavy atom. The number of fused-ring (bicyclic) bond motifs is 1. The number of rotatable bonds is 4. The van der Waals surface area contributed by atoms with E-state index in [0.717, 1.165) is 11.7 Å². The molecule has 0 saturated heterocycles. The minimum absolute atomic E-state index is 0.230. The minimum Gasteiger partial charge on any atom is -0.338 e. The van der Waals surface area contributed by atoms with Gasteiger partial charge in [0, 0.05) is 10.8 Å². The summed E-state index contributed by atoms with van der Waals surface area (Å²) in [5.74, 6) is -2.53. The van der Waals surface area contributed by atoms with E-state index in [1.54, 1.807) is 6.07 Å². The second-order valence-electron chi connectivity index (χ2n) is 6.54. The molecule has 1 aliphatic rings. The maximum Gasteiger partial charge on any atom is 0.439 e. The molecule has 0 unspecified atom stereocenters. The number of nitriles is 1. The predicted molar refractivity (Wildman–Crippen MR) is 87.1 cm³/mol. The number of alkyl halides is 6. The molecule has 0 radical (unpaired) electrons. The van der Waals surface area contributed by atoms with Gasteiger partial charge in [-0.15, -0.1) is 11.3 Å². The Kier molecular flexibility index (Phi) is 5.71. The molecular weight excluding hydrogens is 396 g/mol. The number of aryl methyl sites for hydroxylation is 1. The topological polar surface area (TPSA) is 64.9 Å². The van der Waals surface area contributed by atoms with Gasteiger partial charge in [0.2, 0.25) is 5.91 Å². The smallest absolute Gasteiger partial charge is 0.338 e. The molecule has 1 aromatic rings. The molecule has 0 bridgehead atoms. The Morgan fingerprint density at radius 3 is 2.15 bits per heavy atom. The van der Waals surface area contributed by atoms with Crippen LogP contribution in [0.1, 0.15) is 42.7 Å². The third kappa shape index (κ3) is 3.85. The van der Waals surface area contributed by atoms with Crippen molar-refractivity contribution < 1.29 is 31.1 Å². The van der Waals surface area contributed by atoms with Gasteiger partial charge in [-0.1, -0.05) is 13.8 Å². The lowest BCUT2D eigenvalue weighted by Crippen LogP contribution is -2.72. The lowest BCUT2D eigenvalue weighted by Gasteiger charge is -2.39. The summed E-state index contributed by atoms with van der Waals surface area (Å²) in [4.78, 5) is 12.4. The van der Waals surface area contributed by atoms with E-state index >= 15 is 0 Å². The Morgan fingerprint density at radius 2 is 1.67 bits per heavy atom. The third-order valence-electron chi connectivity index (χ3n) is 4.27. The molecule has 0 spiro atoms. The van der Waals surface area contributed by atoms with Gasteiger partial charge < -0.3 is 10.6 Å².